The van der Waals surface area contributed by atoms with E-state index in [1.54, 1.807) is 18.7 Å². The highest BCUT2D eigenvalue weighted by molar-refractivity contribution is 5.18. The van der Waals surface area contributed by atoms with Crippen molar-refractivity contribution in [1.29, 1.82) is 0 Å². The zero-order valence-electron chi connectivity index (χ0n) is 6.58. The van der Waals surface area contributed by atoms with E-state index in [1.165, 1.54) is 6.20 Å². The van der Waals surface area contributed by atoms with Gasteiger partial charge in [0.15, 0.2) is 0 Å². The molecule has 1 atom stereocenters. The number of alkyl halides is 1. The summed E-state index contributed by atoms with van der Waals surface area (Å²) in [4.78, 5) is 0. The summed E-state index contributed by atoms with van der Waals surface area (Å²) in [5.74, 6) is 0. The predicted octanol–water partition coefficient (Wildman–Crippen LogP) is 0.731. The van der Waals surface area contributed by atoms with Gasteiger partial charge in [-0.3, -0.25) is 4.68 Å². The smallest absolute Gasteiger partial charge is 0.120 e. The monoisotopic (exact) mass is 158 g/mol. The molecule has 0 saturated heterocycles. The molecular formula is C7H11FN2O. The molecule has 0 aliphatic rings. The van der Waals surface area contributed by atoms with E-state index in [0.29, 0.717) is 5.56 Å². The molecule has 1 N–H and O–H groups in total. The van der Waals surface area contributed by atoms with E-state index in [2.05, 4.69) is 5.10 Å². The number of halogens is 1. The van der Waals surface area contributed by atoms with Crippen LogP contribution in [0, 0.1) is 6.92 Å². The van der Waals surface area contributed by atoms with Gasteiger partial charge in [0, 0.05) is 18.3 Å². The molecule has 0 bridgehead atoms. The highest BCUT2D eigenvalue weighted by atomic mass is 19.1. The Hall–Kier alpha value is -0.900. The third-order valence-electron chi connectivity index (χ3n) is 1.78. The minimum Gasteiger partial charge on any atom is -0.386 e. The van der Waals surface area contributed by atoms with Gasteiger partial charge < -0.3 is 5.11 Å². The van der Waals surface area contributed by atoms with Gasteiger partial charge in [0.1, 0.15) is 12.8 Å². The predicted molar refractivity (Wildman–Crippen MR) is 38.9 cm³/mol. The third-order valence-corrected chi connectivity index (χ3v) is 1.78. The van der Waals surface area contributed by atoms with Gasteiger partial charge in [-0.05, 0) is 6.92 Å². The summed E-state index contributed by atoms with van der Waals surface area (Å²) < 4.78 is 13.6. The van der Waals surface area contributed by atoms with E-state index in [-0.39, 0.29) is 0 Å². The molecule has 0 aliphatic carbocycles. The molecule has 4 heteroatoms. The quantitative estimate of drug-likeness (QED) is 0.689. The zero-order valence-corrected chi connectivity index (χ0v) is 6.58. The Labute approximate surface area is 64.5 Å². The molecule has 1 aromatic rings. The Morgan fingerprint density at radius 2 is 2.45 bits per heavy atom. The van der Waals surface area contributed by atoms with Crippen molar-refractivity contribution in [2.75, 3.05) is 6.67 Å². The second kappa shape index (κ2) is 3.00. The van der Waals surface area contributed by atoms with Crippen LogP contribution in [0.1, 0.15) is 17.4 Å². The van der Waals surface area contributed by atoms with Crippen molar-refractivity contribution in [2.24, 2.45) is 7.05 Å². The third kappa shape index (κ3) is 1.40. The summed E-state index contributed by atoms with van der Waals surface area (Å²) >= 11 is 0. The van der Waals surface area contributed by atoms with Crippen LogP contribution in [0.3, 0.4) is 0 Å². The number of nitrogens with zero attached hydrogens (tertiary/aromatic N) is 2. The average molecular weight is 158 g/mol. The minimum atomic E-state index is -1.02. The van der Waals surface area contributed by atoms with Crippen molar-refractivity contribution in [3.63, 3.8) is 0 Å². The second-order valence-corrected chi connectivity index (χ2v) is 2.48. The molecule has 0 aromatic carbocycles. The average Bonchev–Trinajstić information content (AvgIpc) is 2.32. The second-order valence-electron chi connectivity index (χ2n) is 2.48. The summed E-state index contributed by atoms with van der Waals surface area (Å²) in [6.07, 6.45) is 0.461. The fourth-order valence-corrected chi connectivity index (χ4v) is 0.926. The topological polar surface area (TPSA) is 38.1 Å². The van der Waals surface area contributed by atoms with Crippen molar-refractivity contribution in [3.05, 3.63) is 17.5 Å². The van der Waals surface area contributed by atoms with Gasteiger partial charge in [0.05, 0.1) is 6.20 Å². The molecular weight excluding hydrogens is 147 g/mol. The largest absolute Gasteiger partial charge is 0.386 e. The van der Waals surface area contributed by atoms with Gasteiger partial charge in [-0.2, -0.15) is 5.10 Å². The van der Waals surface area contributed by atoms with Gasteiger partial charge in [-0.15, -0.1) is 0 Å². The highest BCUT2D eigenvalue weighted by Gasteiger charge is 2.12. The number of aliphatic hydroxyl groups excluding tert-OH is 1. The van der Waals surface area contributed by atoms with Crippen molar-refractivity contribution >= 4 is 0 Å². The number of aryl methyl sites for hydroxylation is 1. The molecule has 0 amide bonds. The number of aromatic nitrogens is 2. The lowest BCUT2D eigenvalue weighted by Crippen LogP contribution is -2.01. The van der Waals surface area contributed by atoms with Gasteiger partial charge >= 0.3 is 0 Å². The molecule has 1 aromatic heterocycles. The van der Waals surface area contributed by atoms with E-state index in [1.807, 2.05) is 0 Å². The first-order valence-electron chi connectivity index (χ1n) is 3.39. The molecule has 0 radical (unpaired) electrons. The van der Waals surface area contributed by atoms with Gasteiger partial charge in [-0.1, -0.05) is 0 Å². The van der Waals surface area contributed by atoms with Crippen LogP contribution < -0.4 is 0 Å². The molecule has 1 heterocycles. The zero-order chi connectivity index (χ0) is 8.43. The fourth-order valence-electron chi connectivity index (χ4n) is 0.926. The first kappa shape index (κ1) is 8.20. The van der Waals surface area contributed by atoms with Crippen LogP contribution >= 0.6 is 0 Å². The van der Waals surface area contributed by atoms with Crippen LogP contribution in [0.25, 0.3) is 0 Å². The Bertz CT molecular complexity index is 247. The summed E-state index contributed by atoms with van der Waals surface area (Å²) in [5.41, 5.74) is 1.37. The first-order valence-corrected chi connectivity index (χ1v) is 3.39. The van der Waals surface area contributed by atoms with Gasteiger partial charge in [-0.25, -0.2) is 4.39 Å². The molecule has 3 nitrogen and oxygen atoms in total. The molecule has 0 spiro atoms. The SMILES string of the molecule is Cc1c(C(O)CF)cnn1C. The lowest BCUT2D eigenvalue weighted by molar-refractivity contribution is 0.141. The van der Waals surface area contributed by atoms with E-state index in [0.717, 1.165) is 5.69 Å². The fraction of sp³-hybridized carbons (Fsp3) is 0.571. The molecule has 0 saturated carbocycles. The van der Waals surface area contributed by atoms with Crippen LogP contribution in [0.2, 0.25) is 0 Å². The van der Waals surface area contributed by atoms with Crippen LogP contribution in [0.15, 0.2) is 6.20 Å². The lowest BCUT2D eigenvalue weighted by Gasteiger charge is -2.03. The van der Waals surface area contributed by atoms with Crippen molar-refractivity contribution in [3.8, 4) is 0 Å². The van der Waals surface area contributed by atoms with Crippen LogP contribution in [0.4, 0.5) is 4.39 Å². The van der Waals surface area contributed by atoms with Crippen molar-refractivity contribution in [2.45, 2.75) is 13.0 Å². The lowest BCUT2D eigenvalue weighted by atomic mass is 10.2. The van der Waals surface area contributed by atoms with Gasteiger partial charge in [0.2, 0.25) is 0 Å². The molecule has 1 rings (SSSR count). The Morgan fingerprint density at radius 3 is 2.82 bits per heavy atom. The van der Waals surface area contributed by atoms with Gasteiger partial charge in [0.25, 0.3) is 0 Å². The normalized spacial score (nSPS) is 13.5. The number of aliphatic hydroxyl groups is 1. The van der Waals surface area contributed by atoms with E-state index >= 15 is 0 Å². The first-order chi connectivity index (χ1) is 5.16. The Morgan fingerprint density at radius 1 is 1.82 bits per heavy atom. The number of hydrogen-bond donors (Lipinski definition) is 1. The molecule has 0 aliphatic heterocycles. The van der Waals surface area contributed by atoms with Crippen LogP contribution in [0.5, 0.6) is 0 Å². The Balaban J connectivity index is 2.94. The summed E-state index contributed by atoms with van der Waals surface area (Å²) in [6, 6.07) is 0. The van der Waals surface area contributed by atoms with Crippen LogP contribution in [-0.2, 0) is 7.05 Å². The Kier molecular flexibility index (Phi) is 2.24. The maximum absolute atomic E-state index is 12.0. The van der Waals surface area contributed by atoms with Crippen molar-refractivity contribution < 1.29 is 9.50 Å². The molecule has 1 unspecified atom stereocenters. The molecule has 0 fully saturated rings. The van der Waals surface area contributed by atoms with E-state index in [9.17, 15) is 4.39 Å². The summed E-state index contributed by atoms with van der Waals surface area (Å²) in [7, 11) is 1.75. The maximum Gasteiger partial charge on any atom is 0.120 e. The standard InChI is InChI=1S/C7H11FN2O/c1-5-6(7(11)3-8)4-9-10(5)2/h4,7,11H,3H2,1-2H3. The maximum atomic E-state index is 12.0. The van der Waals surface area contributed by atoms with Crippen LogP contribution in [-0.4, -0.2) is 21.6 Å². The van der Waals surface area contributed by atoms with E-state index in [4.69, 9.17) is 5.11 Å². The number of hydrogen-bond acceptors (Lipinski definition) is 2. The molecule has 62 valence electrons. The summed E-state index contributed by atoms with van der Waals surface area (Å²) in [6.45, 7) is 1.04. The van der Waals surface area contributed by atoms with Crippen molar-refractivity contribution in [1.82, 2.24) is 9.78 Å². The van der Waals surface area contributed by atoms with E-state index < -0.39 is 12.8 Å². The summed E-state index contributed by atoms with van der Waals surface area (Å²) in [5, 5.41) is 13.0. The number of rotatable bonds is 2. The molecule has 11 heavy (non-hydrogen) atoms. The minimum absolute atomic E-state index is 0.565. The highest BCUT2D eigenvalue weighted by Crippen LogP contribution is 2.16.